The van der Waals surface area contributed by atoms with Gasteiger partial charge in [0.2, 0.25) is 5.89 Å². The van der Waals surface area contributed by atoms with Crippen molar-refractivity contribution < 1.29 is 8.81 Å². The highest BCUT2D eigenvalue weighted by atomic mass is 35.5. The first-order valence-corrected chi connectivity index (χ1v) is 5.90. The van der Waals surface area contributed by atoms with Gasteiger partial charge in [0.1, 0.15) is 11.3 Å². The zero-order valence-electron chi connectivity index (χ0n) is 8.95. The molecule has 2 aromatic carbocycles. The molecule has 1 aromatic heterocycles. The summed E-state index contributed by atoms with van der Waals surface area (Å²) in [5.74, 6) is -0.0891. The fourth-order valence-corrected chi connectivity index (χ4v) is 2.00. The van der Waals surface area contributed by atoms with Gasteiger partial charge in [-0.15, -0.1) is 0 Å². The lowest BCUT2D eigenvalue weighted by Crippen LogP contribution is -1.80. The maximum Gasteiger partial charge on any atom is 0.227 e. The molecule has 0 aliphatic heterocycles. The van der Waals surface area contributed by atoms with Crippen LogP contribution in [0.5, 0.6) is 0 Å². The van der Waals surface area contributed by atoms with Crippen LogP contribution in [0.4, 0.5) is 4.39 Å². The van der Waals surface area contributed by atoms with E-state index in [2.05, 4.69) is 4.98 Å². The number of fused-ring (bicyclic) bond motifs is 1. The first kappa shape index (κ1) is 11.5. The van der Waals surface area contributed by atoms with Crippen LogP contribution in [0.2, 0.25) is 10.0 Å². The van der Waals surface area contributed by atoms with Crippen molar-refractivity contribution in [3.8, 4) is 11.5 Å². The molecule has 90 valence electrons. The lowest BCUT2D eigenvalue weighted by atomic mass is 10.2. The molecule has 18 heavy (non-hydrogen) atoms. The summed E-state index contributed by atoms with van der Waals surface area (Å²) in [5.41, 5.74) is 1.89. The molecule has 2 nitrogen and oxygen atoms in total. The van der Waals surface area contributed by atoms with Crippen LogP contribution in [0.25, 0.3) is 22.6 Å². The minimum Gasteiger partial charge on any atom is -0.436 e. The summed E-state index contributed by atoms with van der Waals surface area (Å²) >= 11 is 11.6. The molecule has 0 spiro atoms. The smallest absolute Gasteiger partial charge is 0.227 e. The van der Waals surface area contributed by atoms with Gasteiger partial charge in [0.05, 0.1) is 5.02 Å². The Morgan fingerprint density at radius 2 is 1.89 bits per heavy atom. The number of oxazole rings is 1. The molecule has 0 saturated carbocycles. The first-order chi connectivity index (χ1) is 8.63. The number of hydrogen-bond acceptors (Lipinski definition) is 2. The monoisotopic (exact) mass is 281 g/mol. The summed E-state index contributed by atoms with van der Waals surface area (Å²) in [5, 5.41) is 0.618. The third-order valence-corrected chi connectivity index (χ3v) is 3.04. The Morgan fingerprint density at radius 3 is 2.67 bits per heavy atom. The molecule has 1 heterocycles. The Kier molecular flexibility index (Phi) is 2.73. The number of aromatic nitrogens is 1. The van der Waals surface area contributed by atoms with Crippen LogP contribution in [0, 0.1) is 5.82 Å². The van der Waals surface area contributed by atoms with Crippen LogP contribution in [0.3, 0.4) is 0 Å². The van der Waals surface area contributed by atoms with Gasteiger partial charge in [0.25, 0.3) is 0 Å². The molecule has 0 atom stereocenters. The molecule has 0 radical (unpaired) electrons. The zero-order valence-corrected chi connectivity index (χ0v) is 10.5. The van der Waals surface area contributed by atoms with Crippen molar-refractivity contribution >= 4 is 34.3 Å². The number of halogens is 3. The molecule has 3 rings (SSSR count). The van der Waals surface area contributed by atoms with Crippen molar-refractivity contribution in [1.82, 2.24) is 4.98 Å². The number of benzene rings is 2. The van der Waals surface area contributed by atoms with E-state index in [-0.39, 0.29) is 5.02 Å². The van der Waals surface area contributed by atoms with Crippen molar-refractivity contribution in [3.63, 3.8) is 0 Å². The Morgan fingerprint density at radius 1 is 1.06 bits per heavy atom. The molecule has 0 aliphatic carbocycles. The molecule has 0 unspecified atom stereocenters. The van der Waals surface area contributed by atoms with Gasteiger partial charge in [-0.2, -0.15) is 0 Å². The van der Waals surface area contributed by atoms with E-state index in [0.29, 0.717) is 27.6 Å². The average Bonchev–Trinajstić information content (AvgIpc) is 2.75. The predicted molar refractivity (Wildman–Crippen MR) is 69.4 cm³/mol. The molecule has 0 amide bonds. The normalized spacial score (nSPS) is 11.1. The quantitative estimate of drug-likeness (QED) is 0.631. The van der Waals surface area contributed by atoms with Crippen LogP contribution in [0.15, 0.2) is 40.8 Å². The van der Waals surface area contributed by atoms with Crippen LogP contribution >= 0.6 is 23.2 Å². The van der Waals surface area contributed by atoms with Gasteiger partial charge in [-0.1, -0.05) is 23.2 Å². The maximum atomic E-state index is 13.1. The Bertz CT molecular complexity index is 739. The zero-order chi connectivity index (χ0) is 12.7. The van der Waals surface area contributed by atoms with E-state index in [1.54, 1.807) is 24.3 Å². The number of nitrogens with zero attached hydrogens (tertiary/aromatic N) is 1. The van der Waals surface area contributed by atoms with Gasteiger partial charge >= 0.3 is 0 Å². The third-order valence-electron chi connectivity index (χ3n) is 2.52. The largest absolute Gasteiger partial charge is 0.436 e. The summed E-state index contributed by atoms with van der Waals surface area (Å²) in [6.45, 7) is 0. The SMILES string of the molecule is Fc1ccc(-c2nc3cc(Cl)ccc3o2)cc1Cl. The van der Waals surface area contributed by atoms with E-state index in [4.69, 9.17) is 27.6 Å². The molecular weight excluding hydrogens is 276 g/mol. The van der Waals surface area contributed by atoms with Crippen molar-refractivity contribution in [1.29, 1.82) is 0 Å². The highest BCUT2D eigenvalue weighted by molar-refractivity contribution is 6.31. The molecule has 5 heteroatoms. The first-order valence-electron chi connectivity index (χ1n) is 5.15. The standard InChI is InChI=1S/C13H6Cl2FNO/c14-8-2-4-12-11(6-8)17-13(18-12)7-1-3-10(16)9(15)5-7/h1-6H. The number of hydrogen-bond donors (Lipinski definition) is 0. The summed E-state index contributed by atoms with van der Waals surface area (Å²) in [6.07, 6.45) is 0. The summed E-state index contributed by atoms with van der Waals surface area (Å²) in [7, 11) is 0. The van der Waals surface area contributed by atoms with Crippen LogP contribution in [-0.4, -0.2) is 4.98 Å². The third kappa shape index (κ3) is 1.96. The van der Waals surface area contributed by atoms with Gasteiger partial charge in [-0.25, -0.2) is 9.37 Å². The molecule has 0 N–H and O–H groups in total. The highest BCUT2D eigenvalue weighted by Crippen LogP contribution is 2.28. The summed E-state index contributed by atoms with van der Waals surface area (Å²) < 4.78 is 18.6. The van der Waals surface area contributed by atoms with Crippen molar-refractivity contribution in [2.24, 2.45) is 0 Å². The molecule has 0 saturated heterocycles. The lowest BCUT2D eigenvalue weighted by molar-refractivity contribution is 0.616. The van der Waals surface area contributed by atoms with E-state index in [1.807, 2.05) is 0 Å². The van der Waals surface area contributed by atoms with Gasteiger partial charge in [0, 0.05) is 10.6 Å². The van der Waals surface area contributed by atoms with Gasteiger partial charge < -0.3 is 4.42 Å². The van der Waals surface area contributed by atoms with Crippen LogP contribution < -0.4 is 0 Å². The second-order valence-electron chi connectivity index (χ2n) is 3.76. The maximum absolute atomic E-state index is 13.1. The Labute approximate surface area is 112 Å². The van der Waals surface area contributed by atoms with Gasteiger partial charge in [-0.3, -0.25) is 0 Å². The fraction of sp³-hybridized carbons (Fsp3) is 0. The Balaban J connectivity index is 2.16. The fourth-order valence-electron chi connectivity index (χ4n) is 1.65. The molecule has 3 aromatic rings. The molecular formula is C13H6Cl2FNO. The summed E-state index contributed by atoms with van der Waals surface area (Å²) in [6, 6.07) is 9.47. The van der Waals surface area contributed by atoms with E-state index in [1.165, 1.54) is 12.1 Å². The van der Waals surface area contributed by atoms with E-state index < -0.39 is 5.82 Å². The van der Waals surface area contributed by atoms with Crippen molar-refractivity contribution in [3.05, 3.63) is 52.3 Å². The Hall–Kier alpha value is -1.58. The molecule has 0 aliphatic rings. The average molecular weight is 282 g/mol. The minimum atomic E-state index is -0.473. The number of rotatable bonds is 1. The van der Waals surface area contributed by atoms with Crippen molar-refractivity contribution in [2.45, 2.75) is 0 Å². The predicted octanol–water partition coefficient (Wildman–Crippen LogP) is 4.94. The molecule has 0 bridgehead atoms. The van der Waals surface area contributed by atoms with Crippen LogP contribution in [-0.2, 0) is 0 Å². The lowest BCUT2D eigenvalue weighted by Gasteiger charge is -1.97. The van der Waals surface area contributed by atoms with Crippen molar-refractivity contribution in [2.75, 3.05) is 0 Å². The molecule has 0 fully saturated rings. The minimum absolute atomic E-state index is 0.0350. The van der Waals surface area contributed by atoms with E-state index in [0.717, 1.165) is 0 Å². The second-order valence-corrected chi connectivity index (χ2v) is 4.60. The topological polar surface area (TPSA) is 26.0 Å². The highest BCUT2D eigenvalue weighted by Gasteiger charge is 2.10. The van der Waals surface area contributed by atoms with Gasteiger partial charge in [-0.05, 0) is 36.4 Å². The van der Waals surface area contributed by atoms with Gasteiger partial charge in [0.15, 0.2) is 5.58 Å². The van der Waals surface area contributed by atoms with Crippen LogP contribution in [0.1, 0.15) is 0 Å². The van der Waals surface area contributed by atoms with E-state index >= 15 is 0 Å². The summed E-state index contributed by atoms with van der Waals surface area (Å²) in [4.78, 5) is 4.28. The van der Waals surface area contributed by atoms with E-state index in [9.17, 15) is 4.39 Å². The second kappa shape index (κ2) is 4.26.